The summed E-state index contributed by atoms with van der Waals surface area (Å²) in [4.78, 5) is 3.22. The minimum Gasteiger partial charge on any atom is -0.361 e. The molecular weight excluding hydrogens is 284 g/mol. The second kappa shape index (κ2) is 6.20. The third kappa shape index (κ3) is 3.30. The molecule has 0 saturated heterocycles. The average molecular weight is 306 g/mol. The van der Waals surface area contributed by atoms with E-state index in [2.05, 4.69) is 15.8 Å². The molecular formula is C16H22N2O2S. The molecule has 1 aromatic heterocycles. The fourth-order valence-electron chi connectivity index (χ4n) is 3.16. The number of aromatic nitrogens is 1. The molecule has 1 saturated carbocycles. The first kappa shape index (κ1) is 14.6. The van der Waals surface area contributed by atoms with E-state index < -0.39 is 10.0 Å². The summed E-state index contributed by atoms with van der Waals surface area (Å²) in [5.74, 6) is 0. The number of fused-ring (bicyclic) bond motifs is 1. The largest absolute Gasteiger partial charge is 0.361 e. The molecule has 0 atom stereocenters. The van der Waals surface area contributed by atoms with E-state index in [-0.39, 0.29) is 5.25 Å². The maximum Gasteiger partial charge on any atom is 0.214 e. The van der Waals surface area contributed by atoms with E-state index in [1.54, 1.807) is 0 Å². The molecule has 1 aromatic carbocycles. The summed E-state index contributed by atoms with van der Waals surface area (Å²) >= 11 is 0. The van der Waals surface area contributed by atoms with E-state index >= 15 is 0 Å². The molecule has 4 nitrogen and oxygen atoms in total. The highest BCUT2D eigenvalue weighted by Crippen LogP contribution is 2.23. The number of hydrogen-bond acceptors (Lipinski definition) is 2. The van der Waals surface area contributed by atoms with Gasteiger partial charge in [0, 0.05) is 23.6 Å². The minimum atomic E-state index is -3.15. The molecule has 5 heteroatoms. The molecule has 2 aromatic rings. The van der Waals surface area contributed by atoms with Crippen molar-refractivity contribution >= 4 is 20.9 Å². The van der Waals surface area contributed by atoms with Crippen LogP contribution in [0.25, 0.3) is 10.9 Å². The summed E-state index contributed by atoms with van der Waals surface area (Å²) in [6, 6.07) is 8.10. The zero-order chi connectivity index (χ0) is 14.7. The SMILES string of the molecule is O=S(=O)(NCCc1c[nH]c2ccccc12)C1CCCCC1. The Hall–Kier alpha value is -1.33. The van der Waals surface area contributed by atoms with Gasteiger partial charge in [-0.15, -0.1) is 0 Å². The predicted molar refractivity (Wildman–Crippen MR) is 85.8 cm³/mol. The first-order valence-electron chi connectivity index (χ1n) is 7.70. The van der Waals surface area contributed by atoms with Crippen LogP contribution in [0.5, 0.6) is 0 Å². The first-order valence-corrected chi connectivity index (χ1v) is 9.25. The smallest absolute Gasteiger partial charge is 0.214 e. The summed E-state index contributed by atoms with van der Waals surface area (Å²) in [6.45, 7) is 0.473. The van der Waals surface area contributed by atoms with Crippen molar-refractivity contribution in [3.8, 4) is 0 Å². The van der Waals surface area contributed by atoms with Crippen molar-refractivity contribution in [3.05, 3.63) is 36.0 Å². The van der Waals surface area contributed by atoms with E-state index in [4.69, 9.17) is 0 Å². The number of H-pyrrole nitrogens is 1. The van der Waals surface area contributed by atoms with Crippen molar-refractivity contribution in [1.29, 1.82) is 0 Å². The van der Waals surface area contributed by atoms with Gasteiger partial charge in [0.05, 0.1) is 5.25 Å². The maximum atomic E-state index is 12.3. The predicted octanol–water partition coefficient (Wildman–Crippen LogP) is 2.96. The summed E-state index contributed by atoms with van der Waals surface area (Å²) in [7, 11) is -3.15. The standard InChI is InChI=1S/C16H22N2O2S/c19-21(20,14-6-2-1-3-7-14)18-11-10-13-12-17-16-9-5-4-8-15(13)16/h4-5,8-9,12,14,17-18H,1-3,6-7,10-11H2. The molecule has 114 valence electrons. The number of nitrogens with one attached hydrogen (secondary N) is 2. The molecule has 0 radical (unpaired) electrons. The van der Waals surface area contributed by atoms with Gasteiger partial charge in [0.1, 0.15) is 0 Å². The van der Waals surface area contributed by atoms with Crippen LogP contribution in [0.3, 0.4) is 0 Å². The number of hydrogen-bond donors (Lipinski definition) is 2. The Morgan fingerprint density at radius 2 is 1.90 bits per heavy atom. The van der Waals surface area contributed by atoms with Crippen LogP contribution in [0, 0.1) is 0 Å². The lowest BCUT2D eigenvalue weighted by Crippen LogP contribution is -2.36. The topological polar surface area (TPSA) is 62.0 Å². The van der Waals surface area contributed by atoms with Crippen molar-refractivity contribution in [2.24, 2.45) is 0 Å². The molecule has 1 aliphatic rings. The zero-order valence-electron chi connectivity index (χ0n) is 12.1. The highest BCUT2D eigenvalue weighted by Gasteiger charge is 2.26. The molecule has 1 aliphatic carbocycles. The number of rotatable bonds is 5. The minimum absolute atomic E-state index is 0.186. The normalized spacial score (nSPS) is 17.3. The van der Waals surface area contributed by atoms with Gasteiger partial charge in [-0.25, -0.2) is 13.1 Å². The Morgan fingerprint density at radius 1 is 1.14 bits per heavy atom. The highest BCUT2D eigenvalue weighted by molar-refractivity contribution is 7.90. The van der Waals surface area contributed by atoms with Crippen LogP contribution >= 0.6 is 0 Å². The molecule has 1 fully saturated rings. The number of sulfonamides is 1. The summed E-state index contributed by atoms with van der Waals surface area (Å²) in [5, 5.41) is 0.989. The molecule has 2 N–H and O–H groups in total. The third-order valence-corrected chi connectivity index (χ3v) is 6.32. The van der Waals surface area contributed by atoms with Crippen molar-refractivity contribution in [2.75, 3.05) is 6.54 Å². The van der Waals surface area contributed by atoms with Gasteiger partial charge in [0.15, 0.2) is 0 Å². The highest BCUT2D eigenvalue weighted by atomic mass is 32.2. The second-order valence-electron chi connectivity index (χ2n) is 5.81. The van der Waals surface area contributed by atoms with Gasteiger partial charge in [0.2, 0.25) is 10.0 Å². The van der Waals surface area contributed by atoms with Gasteiger partial charge in [-0.05, 0) is 30.9 Å². The Labute approximate surface area is 126 Å². The van der Waals surface area contributed by atoms with Gasteiger partial charge in [-0.2, -0.15) is 0 Å². The van der Waals surface area contributed by atoms with Gasteiger partial charge in [0.25, 0.3) is 0 Å². The number of aromatic amines is 1. The molecule has 0 aliphatic heterocycles. The Bertz CT molecular complexity index is 700. The number of benzene rings is 1. The monoisotopic (exact) mass is 306 g/mol. The quantitative estimate of drug-likeness (QED) is 0.892. The summed E-state index contributed by atoms with van der Waals surface area (Å²) < 4.78 is 27.3. The molecule has 0 bridgehead atoms. The van der Waals surface area contributed by atoms with Crippen LogP contribution in [0.15, 0.2) is 30.5 Å². The lowest BCUT2D eigenvalue weighted by molar-refractivity contribution is 0.478. The molecule has 0 unspecified atom stereocenters. The Morgan fingerprint density at radius 3 is 2.71 bits per heavy atom. The van der Waals surface area contributed by atoms with Crippen LogP contribution < -0.4 is 4.72 Å². The number of para-hydroxylation sites is 1. The van der Waals surface area contributed by atoms with Crippen molar-refractivity contribution in [1.82, 2.24) is 9.71 Å². The van der Waals surface area contributed by atoms with Gasteiger partial charge < -0.3 is 4.98 Å². The summed E-state index contributed by atoms with van der Waals surface area (Å²) in [5.41, 5.74) is 2.26. The van der Waals surface area contributed by atoms with Crippen LogP contribution in [0.2, 0.25) is 0 Å². The van der Waals surface area contributed by atoms with Crippen LogP contribution in [0.4, 0.5) is 0 Å². The fraction of sp³-hybridized carbons (Fsp3) is 0.500. The van der Waals surface area contributed by atoms with E-state index in [1.807, 2.05) is 24.4 Å². The Balaban J connectivity index is 1.60. The van der Waals surface area contributed by atoms with E-state index in [0.717, 1.165) is 43.2 Å². The lowest BCUT2D eigenvalue weighted by Gasteiger charge is -2.21. The van der Waals surface area contributed by atoms with Gasteiger partial charge in [-0.1, -0.05) is 37.5 Å². The van der Waals surface area contributed by atoms with E-state index in [9.17, 15) is 8.42 Å². The van der Waals surface area contributed by atoms with E-state index in [0.29, 0.717) is 6.54 Å². The molecule has 3 rings (SSSR count). The Kier molecular flexibility index (Phi) is 4.31. The summed E-state index contributed by atoms with van der Waals surface area (Å²) in [6.07, 6.45) is 7.55. The van der Waals surface area contributed by atoms with Crippen LogP contribution in [-0.2, 0) is 16.4 Å². The fourth-order valence-corrected chi connectivity index (χ4v) is 4.74. The zero-order valence-corrected chi connectivity index (χ0v) is 13.0. The maximum absolute atomic E-state index is 12.3. The average Bonchev–Trinajstić information content (AvgIpc) is 2.92. The molecule has 21 heavy (non-hydrogen) atoms. The van der Waals surface area contributed by atoms with Gasteiger partial charge in [-0.3, -0.25) is 0 Å². The van der Waals surface area contributed by atoms with Crippen LogP contribution in [-0.4, -0.2) is 25.2 Å². The first-order chi connectivity index (χ1) is 10.2. The van der Waals surface area contributed by atoms with Crippen molar-refractivity contribution in [2.45, 2.75) is 43.8 Å². The third-order valence-electron chi connectivity index (χ3n) is 4.36. The second-order valence-corrected chi connectivity index (χ2v) is 7.85. The van der Waals surface area contributed by atoms with Gasteiger partial charge >= 0.3 is 0 Å². The molecule has 1 heterocycles. The van der Waals surface area contributed by atoms with Crippen molar-refractivity contribution in [3.63, 3.8) is 0 Å². The van der Waals surface area contributed by atoms with Crippen LogP contribution in [0.1, 0.15) is 37.7 Å². The van der Waals surface area contributed by atoms with Crippen molar-refractivity contribution < 1.29 is 8.42 Å². The molecule has 0 spiro atoms. The van der Waals surface area contributed by atoms with E-state index in [1.165, 1.54) is 11.8 Å². The lowest BCUT2D eigenvalue weighted by atomic mass is 10.0. The molecule has 0 amide bonds.